The number of nitrogens with two attached hydrogens (primary N) is 1. The van der Waals surface area contributed by atoms with Crippen molar-refractivity contribution in [3.63, 3.8) is 0 Å². The van der Waals surface area contributed by atoms with Crippen molar-refractivity contribution in [1.29, 1.82) is 0 Å². The molecular weight excluding hydrogens is 260 g/mol. The number of hydrogen-bond donors (Lipinski definition) is 2. The maximum Gasteiger partial charge on any atom is 0.256 e. The van der Waals surface area contributed by atoms with Gasteiger partial charge < -0.3 is 11.1 Å². The molecule has 3 N–H and O–H groups in total. The van der Waals surface area contributed by atoms with Crippen LogP contribution in [0.4, 0.5) is 11.4 Å². The SMILES string of the molecule is Cc1ccc(NC(=O)c2cc(Cl)ccc2C)c(N)c1. The second-order valence-corrected chi connectivity index (χ2v) is 4.94. The zero-order valence-electron chi connectivity index (χ0n) is 10.8. The molecule has 0 atom stereocenters. The third-order valence-corrected chi connectivity index (χ3v) is 3.13. The Morgan fingerprint density at radius 1 is 1.16 bits per heavy atom. The van der Waals surface area contributed by atoms with E-state index in [9.17, 15) is 4.79 Å². The van der Waals surface area contributed by atoms with Crippen LogP contribution in [0.2, 0.25) is 5.02 Å². The molecule has 0 spiro atoms. The fourth-order valence-electron chi connectivity index (χ4n) is 1.82. The maximum atomic E-state index is 12.2. The molecule has 4 heteroatoms. The van der Waals surface area contributed by atoms with Gasteiger partial charge in [0, 0.05) is 10.6 Å². The summed E-state index contributed by atoms with van der Waals surface area (Å²) in [6, 6.07) is 10.7. The first-order valence-corrected chi connectivity index (χ1v) is 6.29. The Labute approximate surface area is 117 Å². The van der Waals surface area contributed by atoms with Crippen molar-refractivity contribution < 1.29 is 4.79 Å². The molecule has 0 aliphatic rings. The van der Waals surface area contributed by atoms with E-state index >= 15 is 0 Å². The van der Waals surface area contributed by atoms with Crippen molar-refractivity contribution in [1.82, 2.24) is 0 Å². The molecule has 0 saturated heterocycles. The van der Waals surface area contributed by atoms with Gasteiger partial charge >= 0.3 is 0 Å². The molecule has 19 heavy (non-hydrogen) atoms. The average Bonchev–Trinajstić information content (AvgIpc) is 2.35. The molecule has 0 saturated carbocycles. The van der Waals surface area contributed by atoms with Gasteiger partial charge in [0.15, 0.2) is 0 Å². The van der Waals surface area contributed by atoms with Gasteiger partial charge in [0.2, 0.25) is 0 Å². The van der Waals surface area contributed by atoms with E-state index < -0.39 is 0 Å². The number of amides is 1. The van der Waals surface area contributed by atoms with Gasteiger partial charge in [-0.15, -0.1) is 0 Å². The Morgan fingerprint density at radius 3 is 2.58 bits per heavy atom. The summed E-state index contributed by atoms with van der Waals surface area (Å²) in [5.41, 5.74) is 9.50. The van der Waals surface area contributed by atoms with E-state index in [0.29, 0.717) is 22.0 Å². The van der Waals surface area contributed by atoms with Crippen LogP contribution in [0.5, 0.6) is 0 Å². The van der Waals surface area contributed by atoms with E-state index in [1.807, 2.05) is 32.0 Å². The largest absolute Gasteiger partial charge is 0.397 e. The Bertz CT molecular complexity index is 638. The lowest BCUT2D eigenvalue weighted by atomic mass is 10.1. The molecule has 0 aromatic heterocycles. The van der Waals surface area contributed by atoms with Crippen LogP contribution in [0, 0.1) is 13.8 Å². The number of benzene rings is 2. The minimum Gasteiger partial charge on any atom is -0.397 e. The van der Waals surface area contributed by atoms with E-state index in [1.165, 1.54) is 0 Å². The van der Waals surface area contributed by atoms with Crippen molar-refractivity contribution in [2.45, 2.75) is 13.8 Å². The van der Waals surface area contributed by atoms with Gasteiger partial charge in [0.25, 0.3) is 5.91 Å². The highest BCUT2D eigenvalue weighted by Gasteiger charge is 2.11. The third kappa shape index (κ3) is 3.06. The second-order valence-electron chi connectivity index (χ2n) is 4.50. The number of nitrogen functional groups attached to an aromatic ring is 1. The van der Waals surface area contributed by atoms with Gasteiger partial charge in [0.05, 0.1) is 11.4 Å². The van der Waals surface area contributed by atoms with E-state index in [-0.39, 0.29) is 5.91 Å². The van der Waals surface area contributed by atoms with Crippen LogP contribution in [0.3, 0.4) is 0 Å². The summed E-state index contributed by atoms with van der Waals surface area (Å²) in [4.78, 5) is 12.2. The topological polar surface area (TPSA) is 55.1 Å². The number of rotatable bonds is 2. The Morgan fingerprint density at radius 2 is 1.89 bits per heavy atom. The van der Waals surface area contributed by atoms with Crippen LogP contribution in [-0.4, -0.2) is 5.91 Å². The molecule has 0 bridgehead atoms. The Hall–Kier alpha value is -2.00. The van der Waals surface area contributed by atoms with E-state index in [1.54, 1.807) is 18.2 Å². The predicted molar refractivity (Wildman–Crippen MR) is 79.7 cm³/mol. The molecule has 2 rings (SSSR count). The van der Waals surface area contributed by atoms with Crippen LogP contribution in [0.15, 0.2) is 36.4 Å². The van der Waals surface area contributed by atoms with E-state index in [0.717, 1.165) is 11.1 Å². The molecule has 0 aliphatic heterocycles. The minimum absolute atomic E-state index is 0.212. The summed E-state index contributed by atoms with van der Waals surface area (Å²) in [6.45, 7) is 3.81. The van der Waals surface area contributed by atoms with Gasteiger partial charge in [-0.25, -0.2) is 0 Å². The van der Waals surface area contributed by atoms with Crippen molar-refractivity contribution >= 4 is 28.9 Å². The molecule has 3 nitrogen and oxygen atoms in total. The molecule has 0 unspecified atom stereocenters. The van der Waals surface area contributed by atoms with Gasteiger partial charge in [0.1, 0.15) is 0 Å². The first kappa shape index (κ1) is 13.4. The quantitative estimate of drug-likeness (QED) is 0.819. The van der Waals surface area contributed by atoms with Crippen LogP contribution in [0.25, 0.3) is 0 Å². The molecule has 0 fully saturated rings. The fourth-order valence-corrected chi connectivity index (χ4v) is 2.00. The lowest BCUT2D eigenvalue weighted by Crippen LogP contribution is -2.14. The number of anilines is 2. The number of halogens is 1. The van der Waals surface area contributed by atoms with Crippen molar-refractivity contribution in [3.8, 4) is 0 Å². The van der Waals surface area contributed by atoms with E-state index in [4.69, 9.17) is 17.3 Å². The molecule has 2 aromatic rings. The fraction of sp³-hybridized carbons (Fsp3) is 0.133. The first-order valence-electron chi connectivity index (χ1n) is 5.91. The lowest BCUT2D eigenvalue weighted by molar-refractivity contribution is 0.102. The summed E-state index contributed by atoms with van der Waals surface area (Å²) in [5, 5.41) is 3.33. The summed E-state index contributed by atoms with van der Waals surface area (Å²) in [7, 11) is 0. The highest BCUT2D eigenvalue weighted by atomic mass is 35.5. The van der Waals surface area contributed by atoms with Crippen molar-refractivity contribution in [2.75, 3.05) is 11.1 Å². The van der Waals surface area contributed by atoms with Gasteiger partial charge in [-0.05, 0) is 49.2 Å². The average molecular weight is 275 g/mol. The highest BCUT2D eigenvalue weighted by Crippen LogP contribution is 2.22. The highest BCUT2D eigenvalue weighted by molar-refractivity contribution is 6.31. The van der Waals surface area contributed by atoms with E-state index in [2.05, 4.69) is 5.32 Å². The minimum atomic E-state index is -0.212. The number of nitrogens with one attached hydrogen (secondary N) is 1. The van der Waals surface area contributed by atoms with Gasteiger partial charge in [-0.3, -0.25) is 4.79 Å². The maximum absolute atomic E-state index is 12.2. The molecule has 1 amide bonds. The zero-order valence-corrected chi connectivity index (χ0v) is 11.6. The molecular formula is C15H15ClN2O. The summed E-state index contributed by atoms with van der Waals surface area (Å²) in [5.74, 6) is -0.212. The molecule has 0 radical (unpaired) electrons. The van der Waals surface area contributed by atoms with Crippen LogP contribution >= 0.6 is 11.6 Å². The van der Waals surface area contributed by atoms with Crippen LogP contribution in [-0.2, 0) is 0 Å². The normalized spacial score (nSPS) is 10.3. The predicted octanol–water partition coefficient (Wildman–Crippen LogP) is 3.79. The molecule has 0 aliphatic carbocycles. The zero-order chi connectivity index (χ0) is 14.0. The van der Waals surface area contributed by atoms with Gasteiger partial charge in [-0.2, -0.15) is 0 Å². The van der Waals surface area contributed by atoms with Crippen LogP contribution < -0.4 is 11.1 Å². The molecule has 0 heterocycles. The third-order valence-electron chi connectivity index (χ3n) is 2.90. The molecule has 2 aromatic carbocycles. The second kappa shape index (κ2) is 5.33. The summed E-state index contributed by atoms with van der Waals surface area (Å²) >= 11 is 5.91. The molecule has 98 valence electrons. The number of carbonyl (C=O) groups excluding carboxylic acids is 1. The van der Waals surface area contributed by atoms with Crippen molar-refractivity contribution in [2.24, 2.45) is 0 Å². The van der Waals surface area contributed by atoms with Crippen molar-refractivity contribution in [3.05, 3.63) is 58.1 Å². The number of aryl methyl sites for hydroxylation is 2. The Kier molecular flexibility index (Phi) is 3.76. The number of hydrogen-bond acceptors (Lipinski definition) is 2. The smallest absolute Gasteiger partial charge is 0.256 e. The standard InChI is InChI=1S/C15H15ClN2O/c1-9-3-6-14(13(17)7-9)18-15(19)12-8-11(16)5-4-10(12)2/h3-8H,17H2,1-2H3,(H,18,19). The lowest BCUT2D eigenvalue weighted by Gasteiger charge is -2.10. The monoisotopic (exact) mass is 274 g/mol. The van der Waals surface area contributed by atoms with Crippen LogP contribution in [0.1, 0.15) is 21.5 Å². The first-order chi connectivity index (χ1) is 8.97. The summed E-state index contributed by atoms with van der Waals surface area (Å²) < 4.78 is 0. The number of carbonyl (C=O) groups is 1. The van der Waals surface area contributed by atoms with Gasteiger partial charge in [-0.1, -0.05) is 23.7 Å². The summed E-state index contributed by atoms with van der Waals surface area (Å²) in [6.07, 6.45) is 0. The Balaban J connectivity index is 2.28.